The first-order valence-corrected chi connectivity index (χ1v) is 12.6. The number of aromatic nitrogens is 1. The lowest BCUT2D eigenvalue weighted by atomic mass is 10.1. The van der Waals surface area contributed by atoms with Crippen LogP contribution in [0.2, 0.25) is 10.0 Å². The van der Waals surface area contributed by atoms with E-state index in [4.69, 9.17) is 23.2 Å². The number of nitrogens with one attached hydrogen (secondary N) is 1. The number of carbonyl (C=O) groups excluding carboxylic acids is 1. The average molecular weight is 498 g/mol. The molecule has 1 aromatic heterocycles. The molecule has 0 saturated heterocycles. The lowest BCUT2D eigenvalue weighted by Gasteiger charge is -2.19. The topological polar surface area (TPSA) is 79.4 Å². The van der Waals surface area contributed by atoms with E-state index in [2.05, 4.69) is 10.3 Å². The molecule has 0 radical (unpaired) electrons. The van der Waals surface area contributed by atoms with Crippen molar-refractivity contribution in [3.63, 3.8) is 0 Å². The minimum atomic E-state index is -3.71. The number of benzene rings is 2. The van der Waals surface area contributed by atoms with Crippen molar-refractivity contribution in [1.29, 1.82) is 0 Å². The lowest BCUT2D eigenvalue weighted by Crippen LogP contribution is -2.30. The molecular weight excluding hydrogens is 477 g/mol. The first-order chi connectivity index (χ1) is 14.7. The Hall–Kier alpha value is -1.97. The molecule has 1 amide bonds. The maximum absolute atomic E-state index is 12.8. The predicted molar refractivity (Wildman–Crippen MR) is 126 cm³/mol. The molecule has 0 saturated carbocycles. The lowest BCUT2D eigenvalue weighted by molar-refractivity contribution is 0.102. The van der Waals surface area contributed by atoms with Crippen LogP contribution in [0, 0.1) is 0 Å². The minimum Gasteiger partial charge on any atom is -0.298 e. The first kappa shape index (κ1) is 23.7. The van der Waals surface area contributed by atoms with Crippen molar-refractivity contribution >= 4 is 55.6 Å². The Balaban J connectivity index is 1.79. The third-order valence-electron chi connectivity index (χ3n) is 4.57. The summed E-state index contributed by atoms with van der Waals surface area (Å²) >= 11 is 13.5. The van der Waals surface area contributed by atoms with Gasteiger partial charge in [0.2, 0.25) is 10.0 Å². The molecule has 0 aliphatic rings. The molecule has 2 aromatic carbocycles. The number of hydrogen-bond donors (Lipinski definition) is 1. The summed E-state index contributed by atoms with van der Waals surface area (Å²) < 4.78 is 26.9. The Bertz CT molecular complexity index is 1190. The minimum absolute atomic E-state index is 0.0199. The SMILES string of the molecule is CCN(CC)S(=O)(=O)c1ccc(Cl)c(C(=O)Nc2ncc(Cc3cccc(Cl)c3)s2)c1. The number of sulfonamides is 1. The molecule has 6 nitrogen and oxygen atoms in total. The van der Waals surface area contributed by atoms with Crippen molar-refractivity contribution in [3.05, 3.63) is 74.7 Å². The Kier molecular flexibility index (Phi) is 7.72. The van der Waals surface area contributed by atoms with E-state index in [1.54, 1.807) is 20.0 Å². The van der Waals surface area contributed by atoms with Gasteiger partial charge in [-0.05, 0) is 35.9 Å². The van der Waals surface area contributed by atoms with E-state index in [9.17, 15) is 13.2 Å². The molecule has 3 aromatic rings. The van der Waals surface area contributed by atoms with Crippen LogP contribution < -0.4 is 5.32 Å². The Labute approximate surface area is 195 Å². The van der Waals surface area contributed by atoms with Crippen LogP contribution in [0.15, 0.2) is 53.6 Å². The van der Waals surface area contributed by atoms with Crippen LogP contribution >= 0.6 is 34.5 Å². The summed E-state index contributed by atoms with van der Waals surface area (Å²) in [5.41, 5.74) is 1.10. The second-order valence-corrected chi connectivity index (χ2v) is 10.5. The van der Waals surface area contributed by atoms with Gasteiger partial charge in [0.1, 0.15) is 0 Å². The molecule has 0 aliphatic heterocycles. The summed E-state index contributed by atoms with van der Waals surface area (Å²) in [4.78, 5) is 18.0. The fraction of sp³-hybridized carbons (Fsp3) is 0.238. The molecule has 31 heavy (non-hydrogen) atoms. The number of nitrogens with zero attached hydrogens (tertiary/aromatic N) is 2. The standard InChI is InChI=1S/C21H21Cl2N3O3S2/c1-3-26(4-2)31(28,29)17-8-9-19(23)18(12-17)20(27)25-21-24-13-16(30-21)11-14-6-5-7-15(22)10-14/h5-10,12-13H,3-4,11H2,1-2H3,(H,24,25,27). The number of carbonyl (C=O) groups is 1. The maximum atomic E-state index is 12.8. The molecule has 1 N–H and O–H groups in total. The summed E-state index contributed by atoms with van der Waals surface area (Å²) in [5, 5.41) is 3.92. The molecule has 1 heterocycles. The highest BCUT2D eigenvalue weighted by atomic mass is 35.5. The first-order valence-electron chi connectivity index (χ1n) is 9.54. The molecule has 0 unspecified atom stereocenters. The van der Waals surface area contributed by atoms with E-state index < -0.39 is 15.9 Å². The smallest absolute Gasteiger partial charge is 0.259 e. The summed E-state index contributed by atoms with van der Waals surface area (Å²) in [5.74, 6) is -0.523. The van der Waals surface area contributed by atoms with Crippen molar-refractivity contribution < 1.29 is 13.2 Å². The summed E-state index contributed by atoms with van der Waals surface area (Å²) in [6.07, 6.45) is 2.32. The van der Waals surface area contributed by atoms with Gasteiger partial charge in [-0.15, -0.1) is 11.3 Å². The Morgan fingerprint density at radius 3 is 2.55 bits per heavy atom. The zero-order chi connectivity index (χ0) is 22.6. The highest BCUT2D eigenvalue weighted by Crippen LogP contribution is 2.26. The van der Waals surface area contributed by atoms with E-state index in [1.807, 2.05) is 24.3 Å². The van der Waals surface area contributed by atoms with Gasteiger partial charge < -0.3 is 0 Å². The molecule has 3 rings (SSSR count). The quantitative estimate of drug-likeness (QED) is 0.456. The summed E-state index contributed by atoms with van der Waals surface area (Å²) in [6, 6.07) is 11.6. The van der Waals surface area contributed by atoms with Gasteiger partial charge in [0.15, 0.2) is 5.13 Å². The van der Waals surface area contributed by atoms with Crippen LogP contribution in [0.5, 0.6) is 0 Å². The van der Waals surface area contributed by atoms with Crippen molar-refractivity contribution in [3.8, 4) is 0 Å². The van der Waals surface area contributed by atoms with Gasteiger partial charge in [-0.3, -0.25) is 10.1 Å². The zero-order valence-electron chi connectivity index (χ0n) is 16.9. The van der Waals surface area contributed by atoms with Crippen molar-refractivity contribution in [1.82, 2.24) is 9.29 Å². The molecule has 0 aliphatic carbocycles. The van der Waals surface area contributed by atoms with Gasteiger partial charge in [-0.1, -0.05) is 49.2 Å². The predicted octanol–water partition coefficient (Wildman–Crippen LogP) is 5.32. The fourth-order valence-electron chi connectivity index (χ4n) is 3.01. The third-order valence-corrected chi connectivity index (χ3v) is 8.09. The van der Waals surface area contributed by atoms with E-state index >= 15 is 0 Å². The van der Waals surface area contributed by atoms with Gasteiger partial charge >= 0.3 is 0 Å². The molecule has 0 spiro atoms. The Morgan fingerprint density at radius 1 is 1.13 bits per heavy atom. The van der Waals surface area contributed by atoms with Crippen LogP contribution in [0.3, 0.4) is 0 Å². The van der Waals surface area contributed by atoms with Crippen LogP contribution in [-0.4, -0.2) is 36.7 Å². The molecular formula is C21H21Cl2N3O3S2. The number of anilines is 1. The zero-order valence-corrected chi connectivity index (χ0v) is 20.1. The van der Waals surface area contributed by atoms with Crippen molar-refractivity contribution in [2.45, 2.75) is 25.2 Å². The average Bonchev–Trinajstić information content (AvgIpc) is 3.15. The second kappa shape index (κ2) is 10.1. The van der Waals surface area contributed by atoms with Crippen molar-refractivity contribution in [2.24, 2.45) is 0 Å². The number of rotatable bonds is 8. The summed E-state index contributed by atoms with van der Waals surface area (Å²) in [6.45, 7) is 4.18. The number of hydrogen-bond acceptors (Lipinski definition) is 5. The van der Waals surface area contributed by atoms with Crippen LogP contribution in [0.1, 0.15) is 34.6 Å². The molecule has 10 heteroatoms. The van der Waals surface area contributed by atoms with E-state index in [0.717, 1.165) is 10.4 Å². The van der Waals surface area contributed by atoms with E-state index in [0.29, 0.717) is 29.7 Å². The van der Waals surface area contributed by atoms with Crippen LogP contribution in [-0.2, 0) is 16.4 Å². The number of amides is 1. The van der Waals surface area contributed by atoms with Crippen molar-refractivity contribution in [2.75, 3.05) is 18.4 Å². The van der Waals surface area contributed by atoms with Gasteiger partial charge in [-0.2, -0.15) is 4.31 Å². The van der Waals surface area contributed by atoms with Crippen LogP contribution in [0.25, 0.3) is 0 Å². The normalized spacial score (nSPS) is 11.6. The van der Waals surface area contributed by atoms with Gasteiger partial charge in [-0.25, -0.2) is 13.4 Å². The molecule has 0 atom stereocenters. The second-order valence-electron chi connectivity index (χ2n) is 6.62. The Morgan fingerprint density at radius 2 is 1.87 bits per heavy atom. The van der Waals surface area contributed by atoms with E-state index in [1.165, 1.54) is 33.8 Å². The summed E-state index contributed by atoms with van der Waals surface area (Å²) in [7, 11) is -3.71. The fourth-order valence-corrected chi connectivity index (χ4v) is 5.75. The molecule has 0 fully saturated rings. The van der Waals surface area contributed by atoms with Gasteiger partial charge in [0.25, 0.3) is 5.91 Å². The van der Waals surface area contributed by atoms with Gasteiger partial charge in [0, 0.05) is 35.6 Å². The maximum Gasteiger partial charge on any atom is 0.259 e. The molecule has 0 bridgehead atoms. The largest absolute Gasteiger partial charge is 0.298 e. The molecule has 164 valence electrons. The highest BCUT2D eigenvalue weighted by Gasteiger charge is 2.24. The van der Waals surface area contributed by atoms with Gasteiger partial charge in [0.05, 0.1) is 15.5 Å². The highest BCUT2D eigenvalue weighted by molar-refractivity contribution is 7.89. The number of thiazole rings is 1. The monoisotopic (exact) mass is 497 g/mol. The third kappa shape index (κ3) is 5.64. The van der Waals surface area contributed by atoms with Crippen LogP contribution in [0.4, 0.5) is 5.13 Å². The number of halogens is 2. The van der Waals surface area contributed by atoms with E-state index in [-0.39, 0.29) is 15.5 Å².